The van der Waals surface area contributed by atoms with Crippen LogP contribution >= 0.6 is 0 Å². The lowest BCUT2D eigenvalue weighted by atomic mass is 9.93. The highest BCUT2D eigenvalue weighted by Crippen LogP contribution is 2.46. The zero-order chi connectivity index (χ0) is 25.5. The zero-order valence-electron chi connectivity index (χ0n) is 21.7. The normalized spacial score (nSPS) is 13.3. The van der Waals surface area contributed by atoms with Crippen LogP contribution in [0.25, 0.3) is 55.6 Å². The van der Waals surface area contributed by atoms with Crippen molar-refractivity contribution in [2.75, 3.05) is 0 Å². The van der Waals surface area contributed by atoms with Crippen LogP contribution in [0.5, 0.6) is 0 Å². The van der Waals surface area contributed by atoms with E-state index in [0.717, 1.165) is 19.3 Å². The Hall–Kier alpha value is -4.68. The molecule has 0 N–H and O–H groups in total. The molecule has 182 valence electrons. The topological polar surface area (TPSA) is 0 Å². The second-order valence-corrected chi connectivity index (χ2v) is 11.3. The van der Waals surface area contributed by atoms with Gasteiger partial charge >= 0.3 is 0 Å². The maximum atomic E-state index is 2.45. The minimum Gasteiger partial charge on any atom is -0.0619 e. The second kappa shape index (κ2) is 7.91. The van der Waals surface area contributed by atoms with Crippen molar-refractivity contribution >= 4 is 0 Å². The van der Waals surface area contributed by atoms with Gasteiger partial charge in [0.2, 0.25) is 0 Å². The van der Waals surface area contributed by atoms with Crippen LogP contribution < -0.4 is 0 Å². The first-order chi connectivity index (χ1) is 19.3. The van der Waals surface area contributed by atoms with Gasteiger partial charge in [-0.15, -0.1) is 0 Å². The average Bonchev–Trinajstić information content (AvgIpc) is 3.67. The highest BCUT2D eigenvalue weighted by Gasteiger charge is 2.25. The molecule has 0 bridgehead atoms. The van der Waals surface area contributed by atoms with Crippen LogP contribution in [0.3, 0.4) is 0 Å². The molecule has 0 spiro atoms. The Morgan fingerprint density at radius 1 is 0.282 bits per heavy atom. The number of hydrogen-bond acceptors (Lipinski definition) is 0. The summed E-state index contributed by atoms with van der Waals surface area (Å²) in [5, 5.41) is 0. The lowest BCUT2D eigenvalue weighted by Crippen LogP contribution is -1.90. The predicted octanol–water partition coefficient (Wildman–Crippen LogP) is 9.73. The molecule has 6 aromatic carbocycles. The molecule has 0 nitrogen and oxygen atoms in total. The van der Waals surface area contributed by atoms with Crippen LogP contribution in [-0.4, -0.2) is 0 Å². The highest BCUT2D eigenvalue weighted by molar-refractivity contribution is 5.89. The minimum absolute atomic E-state index is 0.997. The lowest BCUT2D eigenvalue weighted by molar-refractivity contribution is 1.24. The van der Waals surface area contributed by atoms with Crippen molar-refractivity contribution in [1.29, 1.82) is 0 Å². The quantitative estimate of drug-likeness (QED) is 0.224. The van der Waals surface area contributed by atoms with Crippen LogP contribution in [0, 0.1) is 0 Å². The second-order valence-electron chi connectivity index (χ2n) is 11.3. The fourth-order valence-electron chi connectivity index (χ4n) is 7.40. The Morgan fingerprint density at radius 2 is 0.692 bits per heavy atom. The zero-order valence-corrected chi connectivity index (χ0v) is 21.7. The van der Waals surface area contributed by atoms with Crippen LogP contribution in [-0.2, 0) is 19.3 Å². The highest BCUT2D eigenvalue weighted by atomic mass is 14.3. The first kappa shape index (κ1) is 21.3. The van der Waals surface area contributed by atoms with Crippen molar-refractivity contribution in [2.45, 2.75) is 19.3 Å². The molecule has 0 heteroatoms. The van der Waals surface area contributed by atoms with Gasteiger partial charge in [-0.25, -0.2) is 0 Å². The molecule has 3 aliphatic carbocycles. The number of rotatable bonds is 2. The molecule has 0 heterocycles. The van der Waals surface area contributed by atoms with E-state index in [9.17, 15) is 0 Å². The fourth-order valence-corrected chi connectivity index (χ4v) is 7.40. The Balaban J connectivity index is 1.09. The van der Waals surface area contributed by atoms with Gasteiger partial charge in [0.25, 0.3) is 0 Å². The number of fused-ring (bicyclic) bond motifs is 9. The van der Waals surface area contributed by atoms with Crippen molar-refractivity contribution in [1.82, 2.24) is 0 Å². The van der Waals surface area contributed by atoms with Crippen molar-refractivity contribution in [3.05, 3.63) is 155 Å². The average molecular weight is 495 g/mol. The van der Waals surface area contributed by atoms with E-state index in [0.29, 0.717) is 0 Å². The van der Waals surface area contributed by atoms with E-state index in [1.807, 2.05) is 0 Å². The van der Waals surface area contributed by atoms with Crippen molar-refractivity contribution in [3.8, 4) is 55.6 Å². The molecule has 0 amide bonds. The van der Waals surface area contributed by atoms with E-state index in [1.165, 1.54) is 89.0 Å². The summed E-state index contributed by atoms with van der Waals surface area (Å²) in [5.74, 6) is 0. The number of benzene rings is 6. The van der Waals surface area contributed by atoms with E-state index < -0.39 is 0 Å². The Bertz CT molecular complexity index is 1840. The van der Waals surface area contributed by atoms with Gasteiger partial charge in [0.05, 0.1) is 0 Å². The summed E-state index contributed by atoms with van der Waals surface area (Å²) in [6.07, 6.45) is 3.04. The van der Waals surface area contributed by atoms with Gasteiger partial charge < -0.3 is 0 Å². The molecule has 0 radical (unpaired) electrons. The molecule has 0 saturated carbocycles. The molecule has 0 aliphatic heterocycles. The monoisotopic (exact) mass is 494 g/mol. The summed E-state index contributed by atoms with van der Waals surface area (Å²) < 4.78 is 0. The Kier molecular flexibility index (Phi) is 4.32. The molecule has 0 aromatic heterocycles. The molecule has 0 saturated heterocycles. The fraction of sp³-hybridized carbons (Fsp3) is 0.0769. The van der Waals surface area contributed by atoms with E-state index in [1.54, 1.807) is 0 Å². The largest absolute Gasteiger partial charge is 0.0619 e. The Morgan fingerprint density at radius 3 is 1.21 bits per heavy atom. The van der Waals surface area contributed by atoms with E-state index in [4.69, 9.17) is 0 Å². The standard InChI is InChI=1S/C39H26/c1-3-9-30-24(7-1)22-38-32(11-5-13-36(30)38)26-15-17-34-28(19-26)21-29-20-27(16-18-35(29)34)33-12-6-14-37-31-10-4-2-8-25(31)23-39(33)37/h1-20H,21-23H2. The summed E-state index contributed by atoms with van der Waals surface area (Å²) in [4.78, 5) is 0. The molecule has 0 fully saturated rings. The molecular formula is C39H26. The van der Waals surface area contributed by atoms with Gasteiger partial charge in [-0.3, -0.25) is 0 Å². The smallest absolute Gasteiger partial charge is 0.000729 e. The number of hydrogen-bond donors (Lipinski definition) is 0. The van der Waals surface area contributed by atoms with E-state index in [2.05, 4.69) is 121 Å². The SMILES string of the molecule is c1ccc2c(c1)Cc1c(-c3ccc4c(c3)Cc3cc(-c5cccc6c5Cc5ccccc5-6)ccc3-4)cccc1-2. The van der Waals surface area contributed by atoms with Gasteiger partial charge in [0.15, 0.2) is 0 Å². The minimum atomic E-state index is 0.997. The van der Waals surface area contributed by atoms with E-state index >= 15 is 0 Å². The molecule has 0 unspecified atom stereocenters. The molecule has 9 rings (SSSR count). The van der Waals surface area contributed by atoms with Gasteiger partial charge in [-0.05, 0) is 108 Å². The lowest BCUT2D eigenvalue weighted by Gasteiger charge is -2.11. The third kappa shape index (κ3) is 3.06. The third-order valence-corrected chi connectivity index (χ3v) is 9.21. The van der Waals surface area contributed by atoms with Gasteiger partial charge in [0, 0.05) is 0 Å². The van der Waals surface area contributed by atoms with Gasteiger partial charge in [-0.1, -0.05) is 121 Å². The third-order valence-electron chi connectivity index (χ3n) is 9.21. The maximum Gasteiger partial charge on any atom is -0.000729 e. The summed E-state index contributed by atoms with van der Waals surface area (Å²) in [7, 11) is 0. The van der Waals surface area contributed by atoms with Crippen molar-refractivity contribution in [3.63, 3.8) is 0 Å². The molecule has 3 aliphatic rings. The van der Waals surface area contributed by atoms with E-state index in [-0.39, 0.29) is 0 Å². The molecule has 0 atom stereocenters. The first-order valence-corrected chi connectivity index (χ1v) is 14.0. The molecule has 39 heavy (non-hydrogen) atoms. The van der Waals surface area contributed by atoms with Crippen LogP contribution in [0.2, 0.25) is 0 Å². The summed E-state index contributed by atoms with van der Waals surface area (Å²) >= 11 is 0. The van der Waals surface area contributed by atoms with Crippen molar-refractivity contribution < 1.29 is 0 Å². The Labute approximate surface area is 229 Å². The summed E-state index contributed by atoms with van der Waals surface area (Å²) in [6.45, 7) is 0. The van der Waals surface area contributed by atoms with Crippen molar-refractivity contribution in [2.24, 2.45) is 0 Å². The molecular weight excluding hydrogens is 468 g/mol. The summed E-state index contributed by atoms with van der Waals surface area (Å²) in [5.41, 5.74) is 22.5. The van der Waals surface area contributed by atoms with Gasteiger partial charge in [-0.2, -0.15) is 0 Å². The first-order valence-electron chi connectivity index (χ1n) is 14.0. The molecule has 6 aromatic rings. The summed E-state index contributed by atoms with van der Waals surface area (Å²) in [6, 6.07) is 45.6. The van der Waals surface area contributed by atoms with Crippen LogP contribution in [0.1, 0.15) is 33.4 Å². The van der Waals surface area contributed by atoms with Crippen LogP contribution in [0.4, 0.5) is 0 Å². The predicted molar refractivity (Wildman–Crippen MR) is 162 cm³/mol. The van der Waals surface area contributed by atoms with Gasteiger partial charge in [0.1, 0.15) is 0 Å². The maximum absolute atomic E-state index is 2.45. The van der Waals surface area contributed by atoms with Crippen LogP contribution in [0.15, 0.2) is 121 Å².